The number of benzene rings is 1. The van der Waals surface area contributed by atoms with Gasteiger partial charge in [-0.3, -0.25) is 0 Å². The number of hydrogen-bond donors (Lipinski definition) is 2. The van der Waals surface area contributed by atoms with Crippen LogP contribution in [0.25, 0.3) is 0 Å². The Hall–Kier alpha value is -1.09. The molecule has 0 fully saturated rings. The standard InChI is InChI=1S/C10H13FO2/c1-6(2)10(13)8-5-7(12)3-4-9(8)11/h3-6,10,12-13H,1-2H3/t10-/m0/s1/i11-1. The van der Waals surface area contributed by atoms with E-state index in [0.29, 0.717) is 0 Å². The van der Waals surface area contributed by atoms with Crippen LogP contribution < -0.4 is 0 Å². The topological polar surface area (TPSA) is 40.5 Å². The summed E-state index contributed by atoms with van der Waals surface area (Å²) < 4.78 is 13.1. The molecule has 2 N–H and O–H groups in total. The van der Waals surface area contributed by atoms with Gasteiger partial charge in [0.15, 0.2) is 0 Å². The molecule has 13 heavy (non-hydrogen) atoms. The Kier molecular flexibility index (Phi) is 2.88. The summed E-state index contributed by atoms with van der Waals surface area (Å²) in [5, 5.41) is 18.6. The smallest absolute Gasteiger partial charge is 0.129 e. The van der Waals surface area contributed by atoms with E-state index >= 15 is 0 Å². The second kappa shape index (κ2) is 3.75. The van der Waals surface area contributed by atoms with E-state index in [1.165, 1.54) is 12.1 Å². The lowest BCUT2D eigenvalue weighted by Crippen LogP contribution is -2.07. The second-order valence-electron chi connectivity index (χ2n) is 3.39. The molecule has 1 atom stereocenters. The molecule has 1 rings (SSSR count). The first kappa shape index (κ1) is 9.99. The lowest BCUT2D eigenvalue weighted by atomic mass is 9.98. The third kappa shape index (κ3) is 2.18. The van der Waals surface area contributed by atoms with E-state index in [2.05, 4.69) is 0 Å². The Labute approximate surface area is 76.6 Å². The highest BCUT2D eigenvalue weighted by Gasteiger charge is 2.16. The van der Waals surface area contributed by atoms with Gasteiger partial charge in [-0.15, -0.1) is 0 Å². The van der Waals surface area contributed by atoms with Crippen molar-refractivity contribution in [1.29, 1.82) is 0 Å². The van der Waals surface area contributed by atoms with E-state index in [1.54, 1.807) is 13.8 Å². The van der Waals surface area contributed by atoms with E-state index in [9.17, 15) is 9.50 Å². The summed E-state index contributed by atoms with van der Waals surface area (Å²) in [6.45, 7) is 3.57. The first-order chi connectivity index (χ1) is 6.02. The van der Waals surface area contributed by atoms with E-state index in [1.807, 2.05) is 0 Å². The van der Waals surface area contributed by atoms with E-state index in [-0.39, 0.29) is 17.2 Å². The van der Waals surface area contributed by atoms with Gasteiger partial charge in [0, 0.05) is 5.56 Å². The third-order valence-electron chi connectivity index (χ3n) is 1.93. The van der Waals surface area contributed by atoms with Crippen molar-refractivity contribution in [1.82, 2.24) is 0 Å². The molecule has 0 bridgehead atoms. The summed E-state index contributed by atoms with van der Waals surface area (Å²) in [4.78, 5) is 0. The van der Waals surface area contributed by atoms with Crippen molar-refractivity contribution < 1.29 is 14.6 Å². The molecule has 0 heterocycles. The van der Waals surface area contributed by atoms with Crippen molar-refractivity contribution in [3.05, 3.63) is 29.6 Å². The molecular formula is C10H13FO2. The van der Waals surface area contributed by atoms with Crippen LogP contribution >= 0.6 is 0 Å². The first-order valence-corrected chi connectivity index (χ1v) is 4.19. The lowest BCUT2D eigenvalue weighted by Gasteiger charge is -2.15. The van der Waals surface area contributed by atoms with Crippen LogP contribution in [0.1, 0.15) is 25.5 Å². The fourth-order valence-corrected chi connectivity index (χ4v) is 1.12. The molecule has 0 unspecified atom stereocenters. The van der Waals surface area contributed by atoms with Crippen molar-refractivity contribution in [3.63, 3.8) is 0 Å². The van der Waals surface area contributed by atoms with Gasteiger partial charge in [-0.25, -0.2) is 4.39 Å². The van der Waals surface area contributed by atoms with Gasteiger partial charge in [0.05, 0.1) is 6.10 Å². The summed E-state index contributed by atoms with van der Waals surface area (Å²) in [6.07, 6.45) is -0.868. The van der Waals surface area contributed by atoms with Gasteiger partial charge in [-0.1, -0.05) is 13.8 Å². The minimum absolute atomic E-state index is 0.0314. The zero-order chi connectivity index (χ0) is 10.0. The van der Waals surface area contributed by atoms with E-state index in [0.717, 1.165) is 6.07 Å². The maximum Gasteiger partial charge on any atom is 0.129 e. The Balaban J connectivity index is 3.05. The largest absolute Gasteiger partial charge is 0.508 e. The molecule has 2 nitrogen and oxygen atoms in total. The fourth-order valence-electron chi connectivity index (χ4n) is 1.12. The van der Waals surface area contributed by atoms with Crippen LogP contribution in [-0.4, -0.2) is 10.2 Å². The van der Waals surface area contributed by atoms with Crippen LogP contribution in [0.4, 0.5) is 4.39 Å². The Morgan fingerprint density at radius 1 is 1.31 bits per heavy atom. The van der Waals surface area contributed by atoms with E-state index in [4.69, 9.17) is 5.11 Å². The maximum absolute atomic E-state index is 13.1. The zero-order valence-electron chi connectivity index (χ0n) is 7.66. The summed E-state index contributed by atoms with van der Waals surface area (Å²) in [5.74, 6) is -0.591. The van der Waals surface area contributed by atoms with Crippen LogP contribution in [0.3, 0.4) is 0 Å². The van der Waals surface area contributed by atoms with Gasteiger partial charge in [-0.05, 0) is 24.1 Å². The normalized spacial score (nSPS) is 13.3. The Bertz CT molecular complexity index is 297. The maximum atomic E-state index is 13.1. The van der Waals surface area contributed by atoms with Crippen molar-refractivity contribution in [3.8, 4) is 5.75 Å². The van der Waals surface area contributed by atoms with Gasteiger partial charge in [-0.2, -0.15) is 0 Å². The number of hydrogen-bond acceptors (Lipinski definition) is 2. The number of phenolic OH excluding ortho intramolecular Hbond substituents is 1. The second-order valence-corrected chi connectivity index (χ2v) is 3.39. The van der Waals surface area contributed by atoms with Crippen LogP contribution in [-0.2, 0) is 0 Å². The van der Waals surface area contributed by atoms with Gasteiger partial charge in [0.1, 0.15) is 11.6 Å². The minimum atomic E-state index is -0.868. The van der Waals surface area contributed by atoms with Gasteiger partial charge < -0.3 is 10.2 Å². The fraction of sp³-hybridized carbons (Fsp3) is 0.400. The number of aromatic hydroxyl groups is 1. The lowest BCUT2D eigenvalue weighted by molar-refractivity contribution is 0.122. The Morgan fingerprint density at radius 3 is 2.46 bits per heavy atom. The van der Waals surface area contributed by atoms with Crippen molar-refractivity contribution >= 4 is 0 Å². The predicted molar refractivity (Wildman–Crippen MR) is 47.9 cm³/mol. The van der Waals surface area contributed by atoms with E-state index < -0.39 is 11.9 Å². The van der Waals surface area contributed by atoms with Crippen LogP contribution in [0.15, 0.2) is 18.2 Å². The molecule has 1 aromatic carbocycles. The molecule has 0 aliphatic rings. The molecule has 72 valence electrons. The number of aliphatic hydroxyl groups excluding tert-OH is 1. The molecule has 0 aromatic heterocycles. The molecular weight excluding hydrogens is 170 g/mol. The van der Waals surface area contributed by atoms with Crippen LogP contribution in [0, 0.1) is 11.7 Å². The average molecular weight is 183 g/mol. The minimum Gasteiger partial charge on any atom is -0.508 e. The van der Waals surface area contributed by atoms with Crippen LogP contribution in [0.2, 0.25) is 0 Å². The number of halogens is 1. The molecule has 0 aliphatic carbocycles. The van der Waals surface area contributed by atoms with Gasteiger partial charge in [0.2, 0.25) is 0 Å². The highest BCUT2D eigenvalue weighted by molar-refractivity contribution is 5.30. The van der Waals surface area contributed by atoms with Gasteiger partial charge >= 0.3 is 0 Å². The first-order valence-electron chi connectivity index (χ1n) is 4.19. The van der Waals surface area contributed by atoms with Gasteiger partial charge in [0.25, 0.3) is 0 Å². The molecule has 3 heteroatoms. The highest BCUT2D eigenvalue weighted by atomic mass is 18.2. The molecule has 0 spiro atoms. The monoisotopic (exact) mass is 183 g/mol. The van der Waals surface area contributed by atoms with Crippen molar-refractivity contribution in [2.75, 3.05) is 0 Å². The number of phenols is 1. The van der Waals surface area contributed by atoms with Crippen molar-refractivity contribution in [2.45, 2.75) is 20.0 Å². The summed E-state index contributed by atoms with van der Waals surface area (Å²) in [5.41, 5.74) is 0.148. The summed E-state index contributed by atoms with van der Waals surface area (Å²) in [7, 11) is 0. The predicted octanol–water partition coefficient (Wildman–Crippen LogP) is 2.22. The highest BCUT2D eigenvalue weighted by Crippen LogP contribution is 2.26. The average Bonchev–Trinajstić information content (AvgIpc) is 2.08. The molecule has 0 amide bonds. The molecule has 0 saturated heterocycles. The SMILES string of the molecule is CC(C)[C@H](O)c1cc(O)ccc1[18F]. The zero-order valence-corrected chi connectivity index (χ0v) is 7.66. The van der Waals surface area contributed by atoms with Crippen molar-refractivity contribution in [2.24, 2.45) is 5.92 Å². The Morgan fingerprint density at radius 2 is 1.92 bits per heavy atom. The quantitative estimate of drug-likeness (QED) is 0.738. The number of rotatable bonds is 2. The third-order valence-corrected chi connectivity index (χ3v) is 1.93. The summed E-state index contributed by atoms with van der Waals surface area (Å²) >= 11 is 0. The summed E-state index contributed by atoms with van der Waals surface area (Å²) in [6, 6.07) is 3.65. The molecule has 0 aliphatic heterocycles. The molecule has 0 radical (unpaired) electrons. The molecule has 1 aromatic rings. The molecule has 0 saturated carbocycles. The van der Waals surface area contributed by atoms with Crippen LogP contribution in [0.5, 0.6) is 5.75 Å². The number of aliphatic hydroxyl groups is 1.